The average molecular weight is 267 g/mol. The number of hydrogen-bond acceptors (Lipinski definition) is 4. The van der Waals surface area contributed by atoms with Gasteiger partial charge in [-0.1, -0.05) is 24.3 Å². The molecule has 0 aliphatic carbocycles. The van der Waals surface area contributed by atoms with Gasteiger partial charge in [-0.25, -0.2) is 0 Å². The van der Waals surface area contributed by atoms with Crippen LogP contribution in [0, 0.1) is 0 Å². The third kappa shape index (κ3) is 2.41. The Hall–Kier alpha value is -2.24. The number of nitrogens with two attached hydrogens (primary N) is 1. The summed E-state index contributed by atoms with van der Waals surface area (Å²) < 4.78 is 1.82. The van der Waals surface area contributed by atoms with Crippen LogP contribution in [0.15, 0.2) is 48.7 Å². The lowest BCUT2D eigenvalue weighted by atomic mass is 10.1. The van der Waals surface area contributed by atoms with Gasteiger partial charge < -0.3 is 0 Å². The predicted molar refractivity (Wildman–Crippen MR) is 78.7 cm³/mol. The Balaban J connectivity index is 1.89. The lowest BCUT2D eigenvalue weighted by Gasteiger charge is -2.16. The zero-order chi connectivity index (χ0) is 13.9. The second kappa shape index (κ2) is 5.40. The molecule has 0 aliphatic rings. The van der Waals surface area contributed by atoms with E-state index in [1.807, 2.05) is 42.1 Å². The summed E-state index contributed by atoms with van der Waals surface area (Å²) in [5, 5.41) is 5.32. The molecule has 0 amide bonds. The number of aryl methyl sites for hydroxylation is 1. The number of nitrogens with zero attached hydrogens (tertiary/aromatic N) is 3. The second-order valence-corrected chi connectivity index (χ2v) is 4.80. The molecule has 0 bridgehead atoms. The van der Waals surface area contributed by atoms with Crippen molar-refractivity contribution in [1.29, 1.82) is 0 Å². The van der Waals surface area contributed by atoms with Crippen LogP contribution < -0.4 is 11.3 Å². The maximum atomic E-state index is 5.67. The van der Waals surface area contributed by atoms with E-state index >= 15 is 0 Å². The van der Waals surface area contributed by atoms with E-state index in [0.717, 1.165) is 28.7 Å². The third-order valence-electron chi connectivity index (χ3n) is 3.49. The molecule has 0 fully saturated rings. The van der Waals surface area contributed by atoms with Gasteiger partial charge in [0, 0.05) is 30.7 Å². The van der Waals surface area contributed by atoms with Crippen LogP contribution in [0.1, 0.15) is 17.4 Å². The van der Waals surface area contributed by atoms with E-state index < -0.39 is 0 Å². The third-order valence-corrected chi connectivity index (χ3v) is 3.49. The van der Waals surface area contributed by atoms with Crippen molar-refractivity contribution in [2.75, 3.05) is 0 Å². The van der Waals surface area contributed by atoms with Gasteiger partial charge in [0.2, 0.25) is 0 Å². The Morgan fingerprint density at radius 3 is 2.80 bits per heavy atom. The van der Waals surface area contributed by atoms with Gasteiger partial charge in [0.25, 0.3) is 0 Å². The summed E-state index contributed by atoms with van der Waals surface area (Å²) >= 11 is 0. The van der Waals surface area contributed by atoms with Gasteiger partial charge in [0.15, 0.2) is 0 Å². The Bertz CT molecular complexity index is 719. The number of para-hydroxylation sites is 1. The molecule has 2 aromatic heterocycles. The Kier molecular flexibility index (Phi) is 3.45. The molecule has 3 aromatic rings. The molecular formula is C15H17N5. The largest absolute Gasteiger partial charge is 0.271 e. The summed E-state index contributed by atoms with van der Waals surface area (Å²) in [4.78, 5) is 4.68. The summed E-state index contributed by atoms with van der Waals surface area (Å²) in [6.07, 6.45) is 2.49. The van der Waals surface area contributed by atoms with E-state index in [2.05, 4.69) is 27.6 Å². The van der Waals surface area contributed by atoms with Crippen molar-refractivity contribution in [1.82, 2.24) is 20.2 Å². The summed E-state index contributed by atoms with van der Waals surface area (Å²) in [6, 6.07) is 14.2. The van der Waals surface area contributed by atoms with E-state index in [4.69, 9.17) is 5.84 Å². The summed E-state index contributed by atoms with van der Waals surface area (Å²) in [5.74, 6) is 5.67. The maximum absolute atomic E-state index is 5.67. The molecule has 0 radical (unpaired) electrons. The van der Waals surface area contributed by atoms with E-state index in [-0.39, 0.29) is 6.04 Å². The van der Waals surface area contributed by atoms with Crippen LogP contribution in [0.3, 0.4) is 0 Å². The number of aromatic nitrogens is 3. The minimum Gasteiger partial charge on any atom is -0.271 e. The van der Waals surface area contributed by atoms with Crippen molar-refractivity contribution < 1.29 is 0 Å². The summed E-state index contributed by atoms with van der Waals surface area (Å²) in [5.41, 5.74) is 5.90. The lowest BCUT2D eigenvalue weighted by molar-refractivity contribution is 0.504. The fraction of sp³-hybridized carbons (Fsp3) is 0.200. The molecule has 3 N–H and O–H groups in total. The van der Waals surface area contributed by atoms with Gasteiger partial charge in [-0.2, -0.15) is 5.10 Å². The first-order chi connectivity index (χ1) is 9.78. The fourth-order valence-corrected chi connectivity index (χ4v) is 2.41. The van der Waals surface area contributed by atoms with Crippen molar-refractivity contribution in [2.24, 2.45) is 12.9 Å². The van der Waals surface area contributed by atoms with Gasteiger partial charge in [-0.15, -0.1) is 0 Å². The first-order valence-electron chi connectivity index (χ1n) is 6.56. The smallest absolute Gasteiger partial charge is 0.0705 e. The standard InChI is InChI=1S/C15H17N5/c1-20-15(8-9-17-20)14(19-16)10-12-7-6-11-4-2-3-5-13(11)18-12/h2-9,14,19H,10,16H2,1H3. The normalized spacial score (nSPS) is 12.7. The minimum absolute atomic E-state index is 0.00355. The first-order valence-corrected chi connectivity index (χ1v) is 6.56. The predicted octanol–water partition coefficient (Wildman–Crippen LogP) is 1.72. The molecule has 3 rings (SSSR count). The molecule has 0 saturated carbocycles. The number of pyridine rings is 1. The highest BCUT2D eigenvalue weighted by molar-refractivity contribution is 5.78. The summed E-state index contributed by atoms with van der Waals surface area (Å²) in [6.45, 7) is 0. The average Bonchev–Trinajstić information content (AvgIpc) is 2.91. The van der Waals surface area contributed by atoms with E-state index in [1.54, 1.807) is 6.20 Å². The molecule has 0 spiro atoms. The molecule has 1 aromatic carbocycles. The molecule has 102 valence electrons. The van der Waals surface area contributed by atoms with Crippen LogP contribution in [0.25, 0.3) is 10.9 Å². The quantitative estimate of drug-likeness (QED) is 0.558. The van der Waals surface area contributed by atoms with Crippen molar-refractivity contribution in [3.63, 3.8) is 0 Å². The second-order valence-electron chi connectivity index (χ2n) is 4.80. The van der Waals surface area contributed by atoms with Gasteiger partial charge in [0.05, 0.1) is 17.3 Å². The lowest BCUT2D eigenvalue weighted by Crippen LogP contribution is -2.31. The zero-order valence-corrected chi connectivity index (χ0v) is 11.3. The van der Waals surface area contributed by atoms with Crippen LogP contribution in [-0.2, 0) is 13.5 Å². The maximum Gasteiger partial charge on any atom is 0.0705 e. The SMILES string of the molecule is Cn1nccc1C(Cc1ccc2ccccc2n1)NN. The highest BCUT2D eigenvalue weighted by Crippen LogP contribution is 2.18. The van der Waals surface area contributed by atoms with Crippen LogP contribution in [0.4, 0.5) is 0 Å². The molecule has 0 saturated heterocycles. The van der Waals surface area contributed by atoms with Gasteiger partial charge in [0.1, 0.15) is 0 Å². The van der Waals surface area contributed by atoms with Gasteiger partial charge in [-0.05, 0) is 18.2 Å². The molecule has 5 nitrogen and oxygen atoms in total. The number of nitrogens with one attached hydrogen (secondary N) is 1. The van der Waals surface area contributed by atoms with E-state index in [9.17, 15) is 0 Å². The van der Waals surface area contributed by atoms with Crippen molar-refractivity contribution in [2.45, 2.75) is 12.5 Å². The van der Waals surface area contributed by atoms with Crippen molar-refractivity contribution >= 4 is 10.9 Å². The van der Waals surface area contributed by atoms with E-state index in [0.29, 0.717) is 0 Å². The Labute approximate surface area is 117 Å². The first kappa shape index (κ1) is 12.8. The number of benzene rings is 1. The number of hydrogen-bond donors (Lipinski definition) is 2. The number of fused-ring (bicyclic) bond motifs is 1. The Morgan fingerprint density at radius 2 is 2.05 bits per heavy atom. The molecule has 0 aliphatic heterocycles. The highest BCUT2D eigenvalue weighted by Gasteiger charge is 2.14. The molecule has 2 heterocycles. The van der Waals surface area contributed by atoms with Crippen LogP contribution in [-0.4, -0.2) is 14.8 Å². The molecule has 5 heteroatoms. The fourth-order valence-electron chi connectivity index (χ4n) is 2.41. The van der Waals surface area contributed by atoms with Gasteiger partial charge >= 0.3 is 0 Å². The molecular weight excluding hydrogens is 250 g/mol. The van der Waals surface area contributed by atoms with Crippen LogP contribution in [0.2, 0.25) is 0 Å². The topological polar surface area (TPSA) is 68.8 Å². The highest BCUT2D eigenvalue weighted by atomic mass is 15.3. The van der Waals surface area contributed by atoms with Crippen LogP contribution >= 0.6 is 0 Å². The zero-order valence-electron chi connectivity index (χ0n) is 11.3. The Morgan fingerprint density at radius 1 is 1.20 bits per heavy atom. The van der Waals surface area contributed by atoms with Crippen molar-refractivity contribution in [3.8, 4) is 0 Å². The summed E-state index contributed by atoms with van der Waals surface area (Å²) in [7, 11) is 1.91. The monoisotopic (exact) mass is 267 g/mol. The molecule has 1 atom stereocenters. The molecule has 1 unspecified atom stereocenters. The van der Waals surface area contributed by atoms with E-state index in [1.165, 1.54) is 0 Å². The van der Waals surface area contributed by atoms with Crippen LogP contribution in [0.5, 0.6) is 0 Å². The van der Waals surface area contributed by atoms with Gasteiger partial charge in [-0.3, -0.25) is 20.9 Å². The minimum atomic E-state index is -0.00355. The molecule has 20 heavy (non-hydrogen) atoms. The number of hydrazine groups is 1. The number of rotatable bonds is 4. The van der Waals surface area contributed by atoms with Crippen molar-refractivity contribution in [3.05, 3.63) is 60.0 Å².